The second-order valence-corrected chi connectivity index (χ2v) is 5.56. The highest BCUT2D eigenvalue weighted by atomic mass is 79.9. The first-order chi connectivity index (χ1) is 9.56. The van der Waals surface area contributed by atoms with Gasteiger partial charge < -0.3 is 10.4 Å². The van der Waals surface area contributed by atoms with E-state index in [1.807, 2.05) is 12.1 Å². The number of nitrogens with one attached hydrogen (secondary N) is 1. The number of hydrogen-bond acceptors (Lipinski definition) is 2. The van der Waals surface area contributed by atoms with Gasteiger partial charge in [-0.15, -0.1) is 0 Å². The molecule has 3 nitrogen and oxygen atoms in total. The van der Waals surface area contributed by atoms with Gasteiger partial charge in [0.2, 0.25) is 0 Å². The van der Waals surface area contributed by atoms with Crippen molar-refractivity contribution in [3.8, 4) is 0 Å². The minimum Gasteiger partial charge on any atom is -0.478 e. The summed E-state index contributed by atoms with van der Waals surface area (Å²) in [4.78, 5) is 10.9. The molecule has 0 aliphatic rings. The van der Waals surface area contributed by atoms with Crippen molar-refractivity contribution in [2.45, 2.75) is 20.0 Å². The summed E-state index contributed by atoms with van der Waals surface area (Å²) in [6, 6.07) is 13.4. The number of aryl methyl sites for hydroxylation is 1. The number of rotatable bonds is 5. The van der Waals surface area contributed by atoms with Gasteiger partial charge in [0.25, 0.3) is 0 Å². The fourth-order valence-corrected chi connectivity index (χ4v) is 2.51. The lowest BCUT2D eigenvalue weighted by Crippen LogP contribution is -2.13. The van der Waals surface area contributed by atoms with Crippen LogP contribution >= 0.6 is 15.9 Å². The van der Waals surface area contributed by atoms with E-state index in [0.717, 1.165) is 16.6 Å². The van der Waals surface area contributed by atoms with Crippen molar-refractivity contribution in [1.29, 1.82) is 0 Å². The standard InChI is InChI=1S/C16H16BrNO2/c1-11-3-2-4-12(7-11)9-18-10-14-6-5-13(16(19)20)8-15(14)17/h2-8,18H,9-10H2,1H3,(H,19,20). The van der Waals surface area contributed by atoms with E-state index in [0.29, 0.717) is 12.1 Å². The average molecular weight is 334 g/mol. The molecule has 0 aliphatic carbocycles. The van der Waals surface area contributed by atoms with Crippen LogP contribution in [0.15, 0.2) is 46.9 Å². The average Bonchev–Trinajstić information content (AvgIpc) is 2.40. The molecule has 0 atom stereocenters. The Kier molecular flexibility index (Phi) is 4.93. The van der Waals surface area contributed by atoms with E-state index in [1.165, 1.54) is 11.1 Å². The molecule has 0 heterocycles. The van der Waals surface area contributed by atoms with Gasteiger partial charge in [0.15, 0.2) is 0 Å². The third-order valence-electron chi connectivity index (χ3n) is 3.03. The van der Waals surface area contributed by atoms with Crippen molar-refractivity contribution in [1.82, 2.24) is 5.32 Å². The van der Waals surface area contributed by atoms with Gasteiger partial charge in [0.05, 0.1) is 5.56 Å². The van der Waals surface area contributed by atoms with E-state index in [1.54, 1.807) is 12.1 Å². The van der Waals surface area contributed by atoms with Crippen LogP contribution in [-0.2, 0) is 13.1 Å². The molecule has 0 aliphatic heterocycles. The molecular formula is C16H16BrNO2. The Morgan fingerprint density at radius 2 is 2.00 bits per heavy atom. The first kappa shape index (κ1) is 14.8. The van der Waals surface area contributed by atoms with Gasteiger partial charge in [0.1, 0.15) is 0 Å². The number of halogens is 1. The molecule has 2 N–H and O–H groups in total. The number of benzene rings is 2. The van der Waals surface area contributed by atoms with E-state index in [4.69, 9.17) is 5.11 Å². The number of hydrogen-bond donors (Lipinski definition) is 2. The molecule has 0 spiro atoms. The quantitative estimate of drug-likeness (QED) is 0.876. The van der Waals surface area contributed by atoms with Gasteiger partial charge in [-0.05, 0) is 30.2 Å². The van der Waals surface area contributed by atoms with Gasteiger partial charge in [-0.2, -0.15) is 0 Å². The Morgan fingerprint density at radius 3 is 2.65 bits per heavy atom. The van der Waals surface area contributed by atoms with Crippen LogP contribution in [-0.4, -0.2) is 11.1 Å². The number of carboxylic acids is 1. The number of carboxylic acid groups (broad SMARTS) is 1. The Morgan fingerprint density at radius 1 is 1.20 bits per heavy atom. The summed E-state index contributed by atoms with van der Waals surface area (Å²) < 4.78 is 0.814. The van der Waals surface area contributed by atoms with Crippen LogP contribution in [0, 0.1) is 6.92 Å². The molecule has 104 valence electrons. The van der Waals surface area contributed by atoms with Crippen LogP contribution in [0.3, 0.4) is 0 Å². The Labute approximate surface area is 126 Å². The highest BCUT2D eigenvalue weighted by molar-refractivity contribution is 9.10. The zero-order chi connectivity index (χ0) is 14.5. The van der Waals surface area contributed by atoms with Gasteiger partial charge in [-0.1, -0.05) is 51.8 Å². The highest BCUT2D eigenvalue weighted by Crippen LogP contribution is 2.18. The zero-order valence-electron chi connectivity index (χ0n) is 11.2. The Balaban J connectivity index is 1.96. The minimum absolute atomic E-state index is 0.291. The first-order valence-corrected chi connectivity index (χ1v) is 7.13. The summed E-state index contributed by atoms with van der Waals surface area (Å²) in [6.07, 6.45) is 0. The van der Waals surface area contributed by atoms with Crippen molar-refractivity contribution in [3.05, 3.63) is 69.2 Å². The second kappa shape index (κ2) is 6.68. The fourth-order valence-electron chi connectivity index (χ4n) is 1.99. The van der Waals surface area contributed by atoms with E-state index in [9.17, 15) is 4.79 Å². The van der Waals surface area contributed by atoms with Crippen LogP contribution in [0.5, 0.6) is 0 Å². The first-order valence-electron chi connectivity index (χ1n) is 6.34. The third-order valence-corrected chi connectivity index (χ3v) is 3.77. The second-order valence-electron chi connectivity index (χ2n) is 4.70. The maximum Gasteiger partial charge on any atom is 0.335 e. The summed E-state index contributed by atoms with van der Waals surface area (Å²) in [5, 5.41) is 12.3. The van der Waals surface area contributed by atoms with Crippen molar-refractivity contribution in [2.24, 2.45) is 0 Å². The number of carbonyl (C=O) groups is 1. The molecular weight excluding hydrogens is 318 g/mol. The van der Waals surface area contributed by atoms with Gasteiger partial charge in [0, 0.05) is 17.6 Å². The molecule has 0 aromatic heterocycles. The lowest BCUT2D eigenvalue weighted by molar-refractivity contribution is 0.0697. The molecule has 4 heteroatoms. The van der Waals surface area contributed by atoms with E-state index in [-0.39, 0.29) is 0 Å². The summed E-state index contributed by atoms with van der Waals surface area (Å²) in [6.45, 7) is 3.55. The van der Waals surface area contributed by atoms with E-state index >= 15 is 0 Å². The van der Waals surface area contributed by atoms with Crippen molar-refractivity contribution < 1.29 is 9.90 Å². The molecule has 0 amide bonds. The third kappa shape index (κ3) is 3.92. The lowest BCUT2D eigenvalue weighted by atomic mass is 10.1. The van der Waals surface area contributed by atoms with Crippen molar-refractivity contribution in [3.63, 3.8) is 0 Å². The van der Waals surface area contributed by atoms with Crippen molar-refractivity contribution in [2.75, 3.05) is 0 Å². The molecule has 20 heavy (non-hydrogen) atoms. The van der Waals surface area contributed by atoms with E-state index in [2.05, 4.69) is 46.4 Å². The van der Waals surface area contributed by atoms with E-state index < -0.39 is 5.97 Å². The maximum atomic E-state index is 10.9. The lowest BCUT2D eigenvalue weighted by Gasteiger charge is -2.08. The smallest absolute Gasteiger partial charge is 0.335 e. The SMILES string of the molecule is Cc1cccc(CNCc2ccc(C(=O)O)cc2Br)c1. The van der Waals surface area contributed by atoms with Gasteiger partial charge >= 0.3 is 5.97 Å². The molecule has 0 saturated carbocycles. The largest absolute Gasteiger partial charge is 0.478 e. The van der Waals surface area contributed by atoms with Gasteiger partial charge in [-0.25, -0.2) is 4.79 Å². The molecule has 2 aromatic rings. The predicted octanol–water partition coefficient (Wildman–Crippen LogP) is 3.75. The molecule has 0 fully saturated rings. The molecule has 2 rings (SSSR count). The van der Waals surface area contributed by atoms with Crippen LogP contribution < -0.4 is 5.32 Å². The van der Waals surface area contributed by atoms with Crippen LogP contribution in [0.2, 0.25) is 0 Å². The van der Waals surface area contributed by atoms with Crippen LogP contribution in [0.4, 0.5) is 0 Å². The Hall–Kier alpha value is -1.65. The molecule has 2 aromatic carbocycles. The topological polar surface area (TPSA) is 49.3 Å². The monoisotopic (exact) mass is 333 g/mol. The Bertz CT molecular complexity index is 626. The maximum absolute atomic E-state index is 10.9. The summed E-state index contributed by atoms with van der Waals surface area (Å²) >= 11 is 3.41. The summed E-state index contributed by atoms with van der Waals surface area (Å²) in [5.74, 6) is -0.912. The summed E-state index contributed by atoms with van der Waals surface area (Å²) in [5.41, 5.74) is 3.82. The summed E-state index contributed by atoms with van der Waals surface area (Å²) in [7, 11) is 0. The predicted molar refractivity (Wildman–Crippen MR) is 82.8 cm³/mol. The molecule has 0 saturated heterocycles. The van der Waals surface area contributed by atoms with Crippen molar-refractivity contribution >= 4 is 21.9 Å². The highest BCUT2D eigenvalue weighted by Gasteiger charge is 2.06. The molecule has 0 radical (unpaired) electrons. The fraction of sp³-hybridized carbons (Fsp3) is 0.188. The molecule has 0 bridgehead atoms. The van der Waals surface area contributed by atoms with Crippen LogP contribution in [0.25, 0.3) is 0 Å². The number of aromatic carboxylic acids is 1. The minimum atomic E-state index is -0.912. The van der Waals surface area contributed by atoms with Gasteiger partial charge in [-0.3, -0.25) is 0 Å². The van der Waals surface area contributed by atoms with Crippen LogP contribution in [0.1, 0.15) is 27.0 Å². The molecule has 0 unspecified atom stereocenters. The zero-order valence-corrected chi connectivity index (χ0v) is 12.8. The normalized spacial score (nSPS) is 10.5.